The van der Waals surface area contributed by atoms with Crippen LogP contribution in [0.1, 0.15) is 37.5 Å². The van der Waals surface area contributed by atoms with Crippen molar-refractivity contribution in [3.8, 4) is 11.1 Å². The Morgan fingerprint density at radius 1 is 1.04 bits per heavy atom. The van der Waals surface area contributed by atoms with Crippen molar-refractivity contribution in [2.75, 3.05) is 0 Å². The highest BCUT2D eigenvalue weighted by Crippen LogP contribution is 2.37. The first-order valence-electron chi connectivity index (χ1n) is 8.52. The predicted molar refractivity (Wildman–Crippen MR) is 97.3 cm³/mol. The Bertz CT molecular complexity index is 955. The average molecular weight is 319 g/mol. The summed E-state index contributed by atoms with van der Waals surface area (Å²) in [6, 6.07) is 16.3. The molecule has 4 rings (SSSR count). The third-order valence-corrected chi connectivity index (χ3v) is 4.66. The van der Waals surface area contributed by atoms with Crippen LogP contribution >= 0.6 is 0 Å². The number of pyridine rings is 1. The fourth-order valence-electron chi connectivity index (χ4n) is 3.56. The van der Waals surface area contributed by atoms with Gasteiger partial charge in [-0.25, -0.2) is 0 Å². The number of H-pyrrole nitrogens is 1. The van der Waals surface area contributed by atoms with E-state index in [1.54, 1.807) is 6.07 Å². The van der Waals surface area contributed by atoms with Gasteiger partial charge in [0.15, 0.2) is 0 Å². The van der Waals surface area contributed by atoms with Crippen molar-refractivity contribution >= 4 is 10.9 Å². The van der Waals surface area contributed by atoms with E-state index in [2.05, 4.69) is 55.2 Å². The zero-order valence-corrected chi connectivity index (χ0v) is 14.0. The van der Waals surface area contributed by atoms with E-state index in [1.165, 1.54) is 16.7 Å². The molecule has 0 radical (unpaired) electrons. The minimum atomic E-state index is -0.0673. The molecule has 122 valence electrons. The van der Waals surface area contributed by atoms with Crippen LogP contribution in [-0.2, 0) is 11.2 Å². The molecular weight excluding hydrogens is 298 g/mol. The van der Waals surface area contributed by atoms with Gasteiger partial charge in [-0.1, -0.05) is 30.3 Å². The normalized spacial score (nSPS) is 16.7. The van der Waals surface area contributed by atoms with Crippen molar-refractivity contribution in [3.63, 3.8) is 0 Å². The van der Waals surface area contributed by atoms with Crippen molar-refractivity contribution in [3.05, 3.63) is 70.0 Å². The molecule has 1 aliphatic rings. The maximum absolute atomic E-state index is 11.5. The van der Waals surface area contributed by atoms with Crippen molar-refractivity contribution in [2.24, 2.45) is 0 Å². The number of aromatic nitrogens is 1. The molecule has 1 aliphatic carbocycles. The highest BCUT2D eigenvalue weighted by atomic mass is 16.5. The van der Waals surface area contributed by atoms with Gasteiger partial charge < -0.3 is 9.72 Å². The molecule has 1 atom stereocenters. The van der Waals surface area contributed by atoms with Gasteiger partial charge in [0.05, 0.1) is 12.2 Å². The molecule has 1 N–H and O–H groups in total. The molecule has 3 nitrogen and oxygen atoms in total. The van der Waals surface area contributed by atoms with Crippen molar-refractivity contribution in [1.29, 1.82) is 0 Å². The van der Waals surface area contributed by atoms with Gasteiger partial charge >= 0.3 is 0 Å². The highest BCUT2D eigenvalue weighted by molar-refractivity contribution is 5.84. The zero-order valence-electron chi connectivity index (χ0n) is 14.0. The number of rotatable bonds is 3. The maximum atomic E-state index is 11.5. The molecule has 0 spiro atoms. The molecule has 1 aromatic heterocycles. The summed E-state index contributed by atoms with van der Waals surface area (Å²) in [6.07, 6.45) is 2.59. The molecule has 0 amide bonds. The third-order valence-electron chi connectivity index (χ3n) is 4.66. The van der Waals surface area contributed by atoms with Crippen molar-refractivity contribution < 1.29 is 4.74 Å². The third kappa shape index (κ3) is 2.76. The van der Waals surface area contributed by atoms with Gasteiger partial charge in [0, 0.05) is 11.6 Å². The van der Waals surface area contributed by atoms with Gasteiger partial charge in [0.2, 0.25) is 5.56 Å². The van der Waals surface area contributed by atoms with Gasteiger partial charge in [0.25, 0.3) is 0 Å². The van der Waals surface area contributed by atoms with E-state index < -0.39 is 0 Å². The van der Waals surface area contributed by atoms with Crippen LogP contribution in [0, 0.1) is 0 Å². The summed E-state index contributed by atoms with van der Waals surface area (Å²) in [5.41, 5.74) is 5.82. The van der Waals surface area contributed by atoms with E-state index in [-0.39, 0.29) is 17.8 Å². The lowest BCUT2D eigenvalue weighted by Gasteiger charge is -2.16. The Hall–Kier alpha value is -2.39. The van der Waals surface area contributed by atoms with E-state index in [4.69, 9.17) is 4.74 Å². The van der Waals surface area contributed by atoms with Crippen LogP contribution in [0.5, 0.6) is 0 Å². The lowest BCUT2D eigenvalue weighted by Crippen LogP contribution is -2.07. The molecule has 0 saturated heterocycles. The summed E-state index contributed by atoms with van der Waals surface area (Å²) in [7, 11) is 0. The van der Waals surface area contributed by atoms with Crippen molar-refractivity contribution in [1.82, 2.24) is 4.98 Å². The van der Waals surface area contributed by atoms with Gasteiger partial charge in [-0.05, 0) is 66.5 Å². The van der Waals surface area contributed by atoms with Gasteiger partial charge in [-0.2, -0.15) is 0 Å². The fourth-order valence-corrected chi connectivity index (χ4v) is 3.56. The number of aromatic amines is 1. The first kappa shape index (κ1) is 15.2. The van der Waals surface area contributed by atoms with E-state index in [0.717, 1.165) is 29.3 Å². The van der Waals surface area contributed by atoms with Gasteiger partial charge in [-0.3, -0.25) is 4.79 Å². The first-order valence-corrected chi connectivity index (χ1v) is 8.52. The summed E-state index contributed by atoms with van der Waals surface area (Å²) >= 11 is 0. The quantitative estimate of drug-likeness (QED) is 0.766. The average Bonchev–Trinajstić information content (AvgIpc) is 2.95. The molecular formula is C21H21NO2. The van der Waals surface area contributed by atoms with E-state index >= 15 is 0 Å². The molecule has 0 bridgehead atoms. The maximum Gasteiger partial charge on any atom is 0.248 e. The Kier molecular flexibility index (Phi) is 3.73. The molecule has 3 aromatic rings. The van der Waals surface area contributed by atoms with Gasteiger partial charge in [0.1, 0.15) is 0 Å². The van der Waals surface area contributed by atoms with Crippen LogP contribution in [0.4, 0.5) is 0 Å². The van der Waals surface area contributed by atoms with Crippen LogP contribution in [0.15, 0.2) is 53.3 Å². The summed E-state index contributed by atoms with van der Waals surface area (Å²) in [5.74, 6) is 0. The lowest BCUT2D eigenvalue weighted by molar-refractivity contribution is 0.00790. The van der Waals surface area contributed by atoms with Crippen molar-refractivity contribution in [2.45, 2.75) is 38.9 Å². The van der Waals surface area contributed by atoms with E-state index in [9.17, 15) is 4.79 Å². The van der Waals surface area contributed by atoms with Crippen LogP contribution < -0.4 is 5.56 Å². The molecule has 2 aromatic carbocycles. The number of benzene rings is 2. The van der Waals surface area contributed by atoms with Crippen LogP contribution in [0.2, 0.25) is 0 Å². The topological polar surface area (TPSA) is 42.1 Å². The van der Waals surface area contributed by atoms with Crippen LogP contribution in [0.25, 0.3) is 22.0 Å². The Morgan fingerprint density at radius 2 is 1.79 bits per heavy atom. The molecule has 1 heterocycles. The zero-order chi connectivity index (χ0) is 16.7. The Labute approximate surface area is 141 Å². The minimum Gasteiger partial charge on any atom is -0.371 e. The number of ether oxygens (including phenoxy) is 1. The fraction of sp³-hybridized carbons (Fsp3) is 0.286. The van der Waals surface area contributed by atoms with Crippen LogP contribution in [0.3, 0.4) is 0 Å². The highest BCUT2D eigenvalue weighted by Gasteiger charge is 2.24. The monoisotopic (exact) mass is 319 g/mol. The second-order valence-corrected chi connectivity index (χ2v) is 6.75. The minimum absolute atomic E-state index is 0.0673. The first-order chi connectivity index (χ1) is 11.6. The van der Waals surface area contributed by atoms with Crippen LogP contribution in [-0.4, -0.2) is 11.1 Å². The molecule has 24 heavy (non-hydrogen) atoms. The molecule has 0 fully saturated rings. The molecule has 0 aliphatic heterocycles. The standard InChI is InChI=1S/C21H21NO2/c1-13(2)24-20-9-6-17-11-15(5-8-18(17)20)16-4-3-14-7-10-21(23)22-19(14)12-16/h3-5,7-8,10-13,20H,6,9H2,1-2H3,(H,22,23). The Balaban J connectivity index is 1.72. The second-order valence-electron chi connectivity index (χ2n) is 6.75. The summed E-state index contributed by atoms with van der Waals surface area (Å²) in [4.78, 5) is 14.4. The number of aryl methyl sites for hydroxylation is 1. The predicted octanol–water partition coefficient (Wildman–Crippen LogP) is 4.61. The number of hydrogen-bond acceptors (Lipinski definition) is 2. The van der Waals surface area contributed by atoms with Gasteiger partial charge in [-0.15, -0.1) is 0 Å². The lowest BCUT2D eigenvalue weighted by atomic mass is 9.99. The number of hydrogen-bond donors (Lipinski definition) is 1. The molecule has 3 heteroatoms. The number of fused-ring (bicyclic) bond motifs is 2. The Morgan fingerprint density at radius 3 is 2.62 bits per heavy atom. The second kappa shape index (κ2) is 5.91. The van der Waals surface area contributed by atoms with E-state index in [1.807, 2.05) is 6.07 Å². The number of nitrogens with one attached hydrogen (secondary N) is 1. The summed E-state index contributed by atoms with van der Waals surface area (Å²) in [6.45, 7) is 4.17. The molecule has 1 unspecified atom stereocenters. The van der Waals surface area contributed by atoms with E-state index in [0.29, 0.717) is 0 Å². The largest absolute Gasteiger partial charge is 0.371 e. The molecule has 0 saturated carbocycles. The smallest absolute Gasteiger partial charge is 0.248 e. The summed E-state index contributed by atoms with van der Waals surface area (Å²) in [5, 5.41) is 1.05. The SMILES string of the molecule is CC(C)OC1CCc2cc(-c3ccc4ccc(=O)[nH]c4c3)ccc21. The summed E-state index contributed by atoms with van der Waals surface area (Å²) < 4.78 is 6.01.